The molecule has 0 bridgehead atoms. The zero-order chi connectivity index (χ0) is 21.6. The highest BCUT2D eigenvalue weighted by atomic mass is 16.6. The third-order valence-corrected chi connectivity index (χ3v) is 3.63. The van der Waals surface area contributed by atoms with Gasteiger partial charge in [0.2, 0.25) is 5.91 Å². The van der Waals surface area contributed by atoms with Crippen molar-refractivity contribution in [3.05, 3.63) is 71.3 Å². The van der Waals surface area contributed by atoms with E-state index in [1.165, 1.54) is 12.1 Å². The molecule has 0 atom stereocenters. The second-order valence-electron chi connectivity index (χ2n) is 5.58. The van der Waals surface area contributed by atoms with Gasteiger partial charge >= 0.3 is 0 Å². The molecule has 2 aromatic rings. The smallest absolute Gasteiger partial charge is 0.269 e. The van der Waals surface area contributed by atoms with Crippen molar-refractivity contribution in [3.63, 3.8) is 0 Å². The van der Waals surface area contributed by atoms with Crippen LogP contribution in [0.25, 0.3) is 0 Å². The molecular weight excluding hydrogens is 372 g/mol. The number of hydrogen-bond acceptors (Lipinski definition) is 7. The number of azo groups is 1. The van der Waals surface area contributed by atoms with Gasteiger partial charge in [-0.15, -0.1) is 0 Å². The molecule has 9 heteroatoms. The van der Waals surface area contributed by atoms with E-state index in [-0.39, 0.29) is 5.69 Å². The summed E-state index contributed by atoms with van der Waals surface area (Å²) in [5.41, 5.74) is 6.83. The predicted octanol–water partition coefficient (Wildman–Crippen LogP) is 4.41. The zero-order valence-corrected chi connectivity index (χ0v) is 16.1. The van der Waals surface area contributed by atoms with Crippen LogP contribution in [0.1, 0.15) is 13.3 Å². The maximum absolute atomic E-state index is 10.6. The molecule has 0 spiro atoms. The molecule has 0 fully saturated rings. The van der Waals surface area contributed by atoms with Gasteiger partial charge in [-0.05, 0) is 49.4 Å². The molecule has 0 saturated carbocycles. The van der Waals surface area contributed by atoms with Crippen molar-refractivity contribution < 1.29 is 9.72 Å². The summed E-state index contributed by atoms with van der Waals surface area (Å²) in [6.07, 6.45) is 1.54. The maximum atomic E-state index is 10.6. The predicted molar refractivity (Wildman–Crippen MR) is 111 cm³/mol. The number of non-ortho nitro benzene ring substituents is 1. The molecule has 2 N–H and O–H groups in total. The molecule has 0 aromatic heterocycles. The quantitative estimate of drug-likeness (QED) is 0.306. The Labute approximate surface area is 168 Å². The lowest BCUT2D eigenvalue weighted by atomic mass is 10.2. The molecule has 1 amide bonds. The van der Waals surface area contributed by atoms with Crippen LogP contribution in [0.2, 0.25) is 0 Å². The van der Waals surface area contributed by atoms with Crippen molar-refractivity contribution in [2.75, 3.05) is 18.0 Å². The first kappa shape index (κ1) is 23.0. The SMILES string of the molecule is C=CC(N)=O.CCN(CCC#N)c1ccc(/N=N/c2ccc([N+](=O)[O-])cc2)cc1. The Balaban J connectivity index is 0.000000749. The average molecular weight is 394 g/mol. The monoisotopic (exact) mass is 394 g/mol. The number of rotatable bonds is 8. The lowest BCUT2D eigenvalue weighted by Gasteiger charge is -2.21. The van der Waals surface area contributed by atoms with Crippen molar-refractivity contribution in [1.82, 2.24) is 0 Å². The number of nitro groups is 1. The lowest BCUT2D eigenvalue weighted by molar-refractivity contribution is -0.384. The number of primary amides is 1. The van der Waals surface area contributed by atoms with Crippen molar-refractivity contribution in [1.29, 1.82) is 5.26 Å². The van der Waals surface area contributed by atoms with Crippen LogP contribution in [-0.4, -0.2) is 23.9 Å². The second kappa shape index (κ2) is 12.3. The van der Waals surface area contributed by atoms with Crippen LogP contribution in [0.5, 0.6) is 0 Å². The first-order valence-electron chi connectivity index (χ1n) is 8.71. The summed E-state index contributed by atoms with van der Waals surface area (Å²) in [7, 11) is 0. The Hall–Kier alpha value is -4.06. The van der Waals surface area contributed by atoms with Crippen LogP contribution in [-0.2, 0) is 4.79 Å². The highest BCUT2D eigenvalue weighted by molar-refractivity contribution is 5.84. The second-order valence-corrected chi connectivity index (χ2v) is 5.58. The number of nitriles is 1. The van der Waals surface area contributed by atoms with E-state index >= 15 is 0 Å². The van der Waals surface area contributed by atoms with Gasteiger partial charge in [0.05, 0.1) is 28.8 Å². The van der Waals surface area contributed by atoms with E-state index in [2.05, 4.69) is 33.5 Å². The number of amides is 1. The highest BCUT2D eigenvalue weighted by Gasteiger charge is 2.04. The molecule has 0 aliphatic heterocycles. The van der Waals surface area contributed by atoms with Crippen LogP contribution < -0.4 is 10.6 Å². The highest BCUT2D eigenvalue weighted by Crippen LogP contribution is 2.23. The third kappa shape index (κ3) is 8.45. The van der Waals surface area contributed by atoms with E-state index in [0.29, 0.717) is 24.3 Å². The summed E-state index contributed by atoms with van der Waals surface area (Å²) >= 11 is 0. The molecule has 0 heterocycles. The number of carbonyl (C=O) groups excluding carboxylic acids is 1. The number of benzene rings is 2. The summed E-state index contributed by atoms with van der Waals surface area (Å²) in [6.45, 7) is 6.64. The molecule has 0 radical (unpaired) electrons. The van der Waals surface area contributed by atoms with Gasteiger partial charge in [0.1, 0.15) is 0 Å². The van der Waals surface area contributed by atoms with Gasteiger partial charge in [0.25, 0.3) is 5.69 Å². The van der Waals surface area contributed by atoms with E-state index in [1.807, 2.05) is 31.2 Å². The average Bonchev–Trinajstić information content (AvgIpc) is 2.74. The van der Waals surface area contributed by atoms with Crippen molar-refractivity contribution in [3.8, 4) is 6.07 Å². The molecule has 0 aliphatic rings. The Morgan fingerprint density at radius 3 is 2.07 bits per heavy atom. The van der Waals surface area contributed by atoms with Gasteiger partial charge in [-0.1, -0.05) is 6.58 Å². The largest absolute Gasteiger partial charge is 0.371 e. The van der Waals surface area contributed by atoms with Crippen LogP contribution in [0.15, 0.2) is 71.4 Å². The molecule has 0 aliphatic carbocycles. The van der Waals surface area contributed by atoms with Gasteiger partial charge < -0.3 is 10.6 Å². The molecule has 9 nitrogen and oxygen atoms in total. The molecule has 2 aromatic carbocycles. The molecule has 29 heavy (non-hydrogen) atoms. The Morgan fingerprint density at radius 2 is 1.69 bits per heavy atom. The van der Waals surface area contributed by atoms with E-state index in [9.17, 15) is 14.9 Å². The summed E-state index contributed by atoms with van der Waals surface area (Å²) in [4.78, 5) is 21.7. The molecular formula is C20H22N6O3. The number of nitrogens with zero attached hydrogens (tertiary/aromatic N) is 5. The number of carbonyl (C=O) groups is 1. The maximum Gasteiger partial charge on any atom is 0.269 e. The van der Waals surface area contributed by atoms with Gasteiger partial charge in [0.15, 0.2) is 0 Å². The number of anilines is 1. The van der Waals surface area contributed by atoms with Crippen molar-refractivity contribution in [2.24, 2.45) is 16.0 Å². The molecule has 2 rings (SSSR count). The van der Waals surface area contributed by atoms with E-state index in [1.54, 1.807) is 12.1 Å². The number of nitro benzene ring substituents is 1. The zero-order valence-electron chi connectivity index (χ0n) is 16.1. The van der Waals surface area contributed by atoms with Crippen LogP contribution >= 0.6 is 0 Å². The summed E-state index contributed by atoms with van der Waals surface area (Å²) in [5.74, 6) is -0.481. The van der Waals surface area contributed by atoms with E-state index in [4.69, 9.17) is 5.26 Å². The Morgan fingerprint density at radius 1 is 1.21 bits per heavy atom. The molecule has 150 valence electrons. The van der Waals surface area contributed by atoms with Crippen molar-refractivity contribution in [2.45, 2.75) is 13.3 Å². The van der Waals surface area contributed by atoms with Crippen LogP contribution in [0, 0.1) is 21.4 Å². The van der Waals surface area contributed by atoms with Gasteiger partial charge in [0, 0.05) is 30.9 Å². The fourth-order valence-corrected chi connectivity index (χ4v) is 2.14. The number of nitrogens with two attached hydrogens (primary N) is 1. The number of hydrogen-bond donors (Lipinski definition) is 1. The third-order valence-electron chi connectivity index (χ3n) is 3.63. The van der Waals surface area contributed by atoms with Gasteiger partial charge in [-0.25, -0.2) is 0 Å². The van der Waals surface area contributed by atoms with E-state index in [0.717, 1.165) is 18.3 Å². The van der Waals surface area contributed by atoms with Crippen molar-refractivity contribution >= 4 is 28.7 Å². The first-order valence-corrected chi connectivity index (χ1v) is 8.71. The summed E-state index contributed by atoms with van der Waals surface area (Å²) in [6, 6.07) is 15.6. The molecule has 0 unspecified atom stereocenters. The minimum atomic E-state index is -0.481. The van der Waals surface area contributed by atoms with Gasteiger partial charge in [-0.2, -0.15) is 15.5 Å². The first-order chi connectivity index (χ1) is 13.9. The minimum Gasteiger partial charge on any atom is -0.371 e. The summed E-state index contributed by atoms with van der Waals surface area (Å²) in [5, 5.41) is 27.5. The Bertz CT molecular complexity index is 886. The van der Waals surface area contributed by atoms with E-state index < -0.39 is 10.8 Å². The lowest BCUT2D eigenvalue weighted by Crippen LogP contribution is -2.23. The topological polar surface area (TPSA) is 138 Å². The van der Waals surface area contributed by atoms with Crippen LogP contribution in [0.3, 0.4) is 0 Å². The standard InChI is InChI=1S/C17H17N5O2.C3H5NO/c1-2-21(13-3-12-18)16-8-4-14(5-9-16)19-20-15-6-10-17(11-7-15)22(23)24;1-2-3(4)5/h4-11H,2-3,13H2,1H3;2H,1H2,(H2,4,5)/b20-19+;. The molecule has 0 saturated heterocycles. The Kier molecular flexibility index (Phi) is 9.79. The fourth-order valence-electron chi connectivity index (χ4n) is 2.14. The normalized spacial score (nSPS) is 9.79. The van der Waals surface area contributed by atoms with Gasteiger partial charge in [-0.3, -0.25) is 14.9 Å². The minimum absolute atomic E-state index is 0.0235. The summed E-state index contributed by atoms with van der Waals surface area (Å²) < 4.78 is 0. The van der Waals surface area contributed by atoms with Crippen LogP contribution in [0.4, 0.5) is 22.7 Å². The fraction of sp³-hybridized carbons (Fsp3) is 0.200.